The van der Waals surface area contributed by atoms with Crippen LogP contribution in [0, 0.1) is 0 Å². The van der Waals surface area contributed by atoms with Gasteiger partial charge in [0.05, 0.1) is 23.5 Å². The molecule has 1 aromatic carbocycles. The van der Waals surface area contributed by atoms with E-state index >= 15 is 0 Å². The molecule has 0 bridgehead atoms. The van der Waals surface area contributed by atoms with Crippen LogP contribution in [0.15, 0.2) is 30.6 Å². The maximum absolute atomic E-state index is 6.17. The first-order chi connectivity index (χ1) is 9.61. The van der Waals surface area contributed by atoms with E-state index in [4.69, 9.17) is 10.5 Å². The van der Waals surface area contributed by atoms with Crippen LogP contribution in [0.4, 0.5) is 11.4 Å². The van der Waals surface area contributed by atoms with Crippen molar-refractivity contribution in [1.29, 1.82) is 0 Å². The summed E-state index contributed by atoms with van der Waals surface area (Å²) in [4.78, 5) is 7.42. The summed E-state index contributed by atoms with van der Waals surface area (Å²) in [7, 11) is 0. The maximum atomic E-state index is 6.17. The largest absolute Gasteiger partial charge is 0.489 e. The van der Waals surface area contributed by atoms with Crippen molar-refractivity contribution in [3.63, 3.8) is 0 Å². The van der Waals surface area contributed by atoms with Crippen molar-refractivity contribution in [3.8, 4) is 5.75 Å². The van der Waals surface area contributed by atoms with Gasteiger partial charge in [0, 0.05) is 12.4 Å². The smallest absolute Gasteiger partial charge is 0.144 e. The molecule has 2 rings (SSSR count). The number of anilines is 2. The molecule has 20 heavy (non-hydrogen) atoms. The first kappa shape index (κ1) is 14.2. The van der Waals surface area contributed by atoms with Gasteiger partial charge in [0.15, 0.2) is 0 Å². The number of imidazole rings is 1. The lowest BCUT2D eigenvalue weighted by molar-refractivity contribution is 0.244. The molecular formula is C15H22N4O. The first-order valence-corrected chi connectivity index (χ1v) is 6.92. The fraction of sp³-hybridized carbons (Fsp3) is 0.400. The predicted molar refractivity (Wildman–Crippen MR) is 81.9 cm³/mol. The third-order valence-corrected chi connectivity index (χ3v) is 3.02. The number of nitrogens with zero attached hydrogens (tertiary/aromatic N) is 1. The molecule has 0 saturated carbocycles. The molecule has 5 heteroatoms. The average Bonchev–Trinajstić information content (AvgIpc) is 2.93. The van der Waals surface area contributed by atoms with Crippen LogP contribution in [0.3, 0.4) is 0 Å². The number of nitrogens with one attached hydrogen (secondary N) is 2. The minimum Gasteiger partial charge on any atom is -0.489 e. The molecule has 0 aliphatic rings. The van der Waals surface area contributed by atoms with Crippen LogP contribution in [-0.4, -0.2) is 16.1 Å². The standard InChI is InChI=1S/C15H22N4O/c1-4-11(15-17-8-9-18-15)19-12-6-5-7-13(14(12)16)20-10(2)3/h5-11,19H,4,16H2,1-3H3,(H,17,18). The number of nitrogens with two attached hydrogens (primary N) is 1. The number of ether oxygens (including phenoxy) is 1. The van der Waals surface area contributed by atoms with E-state index < -0.39 is 0 Å². The lowest BCUT2D eigenvalue weighted by atomic mass is 10.1. The summed E-state index contributed by atoms with van der Waals surface area (Å²) in [6.45, 7) is 6.07. The minimum atomic E-state index is 0.0968. The van der Waals surface area contributed by atoms with Gasteiger partial charge in [-0.05, 0) is 32.4 Å². The Morgan fingerprint density at radius 2 is 2.20 bits per heavy atom. The molecule has 0 spiro atoms. The Kier molecular flexibility index (Phi) is 4.50. The van der Waals surface area contributed by atoms with Crippen molar-refractivity contribution in [2.75, 3.05) is 11.1 Å². The molecule has 2 aromatic rings. The van der Waals surface area contributed by atoms with Crippen LogP contribution in [0.2, 0.25) is 0 Å². The number of para-hydroxylation sites is 1. The van der Waals surface area contributed by atoms with Crippen molar-refractivity contribution in [3.05, 3.63) is 36.4 Å². The molecule has 0 saturated heterocycles. The number of hydrogen-bond donors (Lipinski definition) is 3. The SMILES string of the molecule is CCC(Nc1cccc(OC(C)C)c1N)c1ncc[nH]1. The fourth-order valence-electron chi connectivity index (χ4n) is 2.05. The Morgan fingerprint density at radius 3 is 2.80 bits per heavy atom. The summed E-state index contributed by atoms with van der Waals surface area (Å²) in [6, 6.07) is 5.87. The summed E-state index contributed by atoms with van der Waals surface area (Å²) < 4.78 is 5.70. The first-order valence-electron chi connectivity index (χ1n) is 6.92. The van der Waals surface area contributed by atoms with E-state index in [0.717, 1.165) is 17.9 Å². The van der Waals surface area contributed by atoms with Crippen LogP contribution in [0.5, 0.6) is 5.75 Å². The number of rotatable bonds is 6. The van der Waals surface area contributed by atoms with Gasteiger partial charge in [-0.3, -0.25) is 0 Å². The lowest BCUT2D eigenvalue weighted by Gasteiger charge is -2.20. The topological polar surface area (TPSA) is 76.0 Å². The molecule has 1 atom stereocenters. The van der Waals surface area contributed by atoms with Crippen LogP contribution in [-0.2, 0) is 0 Å². The molecule has 0 aliphatic heterocycles. The maximum Gasteiger partial charge on any atom is 0.144 e. The van der Waals surface area contributed by atoms with E-state index in [9.17, 15) is 0 Å². The summed E-state index contributed by atoms with van der Waals surface area (Å²) >= 11 is 0. The highest BCUT2D eigenvalue weighted by Gasteiger charge is 2.14. The molecule has 108 valence electrons. The van der Waals surface area contributed by atoms with Gasteiger partial charge in [-0.2, -0.15) is 0 Å². The van der Waals surface area contributed by atoms with Crippen LogP contribution < -0.4 is 15.8 Å². The molecule has 0 radical (unpaired) electrons. The van der Waals surface area contributed by atoms with Crippen LogP contribution in [0.25, 0.3) is 0 Å². The number of benzene rings is 1. The second kappa shape index (κ2) is 6.32. The van der Waals surface area contributed by atoms with Gasteiger partial charge in [0.25, 0.3) is 0 Å². The van der Waals surface area contributed by atoms with Crippen molar-refractivity contribution >= 4 is 11.4 Å². The van der Waals surface area contributed by atoms with Gasteiger partial charge in [-0.15, -0.1) is 0 Å². The molecule has 1 heterocycles. The monoisotopic (exact) mass is 274 g/mol. The summed E-state index contributed by atoms with van der Waals surface area (Å²) in [5, 5.41) is 3.41. The zero-order valence-electron chi connectivity index (χ0n) is 12.2. The van der Waals surface area contributed by atoms with E-state index in [1.807, 2.05) is 38.2 Å². The van der Waals surface area contributed by atoms with E-state index in [-0.39, 0.29) is 12.1 Å². The third-order valence-electron chi connectivity index (χ3n) is 3.02. The van der Waals surface area contributed by atoms with Crippen molar-refractivity contribution < 1.29 is 4.74 Å². The Hall–Kier alpha value is -2.17. The molecule has 1 unspecified atom stereocenters. The van der Waals surface area contributed by atoms with E-state index in [0.29, 0.717) is 11.4 Å². The van der Waals surface area contributed by atoms with Gasteiger partial charge in [-0.1, -0.05) is 13.0 Å². The highest BCUT2D eigenvalue weighted by molar-refractivity contribution is 5.73. The number of aromatic nitrogens is 2. The Labute approximate surface area is 119 Å². The van der Waals surface area contributed by atoms with Crippen LogP contribution >= 0.6 is 0 Å². The number of nitrogen functional groups attached to an aromatic ring is 1. The van der Waals surface area contributed by atoms with Gasteiger partial charge in [0.2, 0.25) is 0 Å². The average molecular weight is 274 g/mol. The number of H-pyrrole nitrogens is 1. The molecule has 0 amide bonds. The molecule has 0 fully saturated rings. The van der Waals surface area contributed by atoms with Crippen molar-refractivity contribution in [2.45, 2.75) is 39.3 Å². The Balaban J connectivity index is 2.20. The molecule has 1 aromatic heterocycles. The predicted octanol–water partition coefficient (Wildman–Crippen LogP) is 3.34. The molecule has 0 aliphatic carbocycles. The third kappa shape index (κ3) is 3.23. The highest BCUT2D eigenvalue weighted by atomic mass is 16.5. The van der Waals surface area contributed by atoms with Gasteiger partial charge in [-0.25, -0.2) is 4.98 Å². The van der Waals surface area contributed by atoms with Crippen molar-refractivity contribution in [2.24, 2.45) is 0 Å². The van der Waals surface area contributed by atoms with Gasteiger partial charge >= 0.3 is 0 Å². The van der Waals surface area contributed by atoms with E-state index in [2.05, 4.69) is 22.2 Å². The highest BCUT2D eigenvalue weighted by Crippen LogP contribution is 2.32. The van der Waals surface area contributed by atoms with Crippen molar-refractivity contribution in [1.82, 2.24) is 9.97 Å². The van der Waals surface area contributed by atoms with Gasteiger partial charge in [0.1, 0.15) is 11.6 Å². The fourth-order valence-corrected chi connectivity index (χ4v) is 2.05. The van der Waals surface area contributed by atoms with Gasteiger partial charge < -0.3 is 20.8 Å². The molecular weight excluding hydrogens is 252 g/mol. The summed E-state index contributed by atoms with van der Waals surface area (Å²) in [5.41, 5.74) is 7.67. The molecule has 4 N–H and O–H groups in total. The minimum absolute atomic E-state index is 0.0968. The van der Waals surface area contributed by atoms with E-state index in [1.54, 1.807) is 6.20 Å². The Bertz CT molecular complexity index is 537. The lowest BCUT2D eigenvalue weighted by Crippen LogP contribution is -2.14. The summed E-state index contributed by atoms with van der Waals surface area (Å²) in [5.74, 6) is 1.61. The van der Waals surface area contributed by atoms with Crippen LogP contribution in [0.1, 0.15) is 39.1 Å². The zero-order chi connectivity index (χ0) is 14.5. The quantitative estimate of drug-likeness (QED) is 0.706. The zero-order valence-corrected chi connectivity index (χ0v) is 12.2. The summed E-state index contributed by atoms with van der Waals surface area (Å²) in [6.07, 6.45) is 4.57. The Morgan fingerprint density at radius 1 is 1.40 bits per heavy atom. The second-order valence-electron chi connectivity index (χ2n) is 4.96. The van der Waals surface area contributed by atoms with E-state index in [1.165, 1.54) is 0 Å². The molecule has 5 nitrogen and oxygen atoms in total. The second-order valence-corrected chi connectivity index (χ2v) is 4.96. The number of aromatic amines is 1. The number of hydrogen-bond acceptors (Lipinski definition) is 4. The normalized spacial score (nSPS) is 12.4.